The molecule has 0 aliphatic carbocycles. The van der Waals surface area contributed by atoms with E-state index in [1.54, 1.807) is 29.3 Å². The van der Waals surface area contributed by atoms with Crippen molar-refractivity contribution in [1.82, 2.24) is 29.3 Å². The van der Waals surface area contributed by atoms with E-state index in [1.165, 1.54) is 6.33 Å². The lowest BCUT2D eigenvalue weighted by Gasteiger charge is -2.08. The zero-order chi connectivity index (χ0) is 18.8. The summed E-state index contributed by atoms with van der Waals surface area (Å²) < 4.78 is 3.55. The fourth-order valence-electron chi connectivity index (χ4n) is 2.81. The van der Waals surface area contributed by atoms with Crippen LogP contribution in [0.2, 0.25) is 0 Å². The average molecular weight is 359 g/mol. The van der Waals surface area contributed by atoms with Gasteiger partial charge < -0.3 is 5.32 Å². The first-order valence-electron chi connectivity index (χ1n) is 8.37. The Labute approximate surface area is 155 Å². The van der Waals surface area contributed by atoms with E-state index in [4.69, 9.17) is 0 Å². The maximum absolute atomic E-state index is 12.7. The van der Waals surface area contributed by atoms with E-state index in [1.807, 2.05) is 48.7 Å². The number of aromatic nitrogens is 6. The molecule has 3 heterocycles. The van der Waals surface area contributed by atoms with Gasteiger partial charge in [-0.3, -0.25) is 9.36 Å². The predicted octanol–water partition coefficient (Wildman–Crippen LogP) is 2.72. The highest BCUT2D eigenvalue weighted by atomic mass is 16.1. The first kappa shape index (κ1) is 16.6. The zero-order valence-electron chi connectivity index (χ0n) is 14.9. The molecule has 0 saturated heterocycles. The lowest BCUT2D eigenvalue weighted by Crippen LogP contribution is -2.14. The van der Waals surface area contributed by atoms with Crippen molar-refractivity contribution < 1.29 is 4.79 Å². The molecule has 8 nitrogen and oxygen atoms in total. The maximum atomic E-state index is 12.7. The van der Waals surface area contributed by atoms with E-state index in [0.717, 1.165) is 17.2 Å². The summed E-state index contributed by atoms with van der Waals surface area (Å²) in [5, 5.41) is 7.14. The SMILES string of the molecule is Cc1nccn1-c1cc(NC(=O)c2cnn(-c3ccccc3)c2C)ncn1. The Morgan fingerprint density at radius 2 is 1.89 bits per heavy atom. The van der Waals surface area contributed by atoms with Crippen molar-refractivity contribution in [2.75, 3.05) is 5.32 Å². The number of hydrogen-bond donors (Lipinski definition) is 1. The summed E-state index contributed by atoms with van der Waals surface area (Å²) in [5.74, 6) is 1.56. The van der Waals surface area contributed by atoms with Gasteiger partial charge in [0.15, 0.2) is 0 Å². The Morgan fingerprint density at radius 3 is 2.63 bits per heavy atom. The number of aryl methyl sites for hydroxylation is 1. The Bertz CT molecular complexity index is 1100. The summed E-state index contributed by atoms with van der Waals surface area (Å²) in [6, 6.07) is 11.4. The van der Waals surface area contributed by atoms with E-state index in [2.05, 4.69) is 25.4 Å². The number of nitrogens with zero attached hydrogens (tertiary/aromatic N) is 6. The number of hydrogen-bond acceptors (Lipinski definition) is 5. The summed E-state index contributed by atoms with van der Waals surface area (Å²) >= 11 is 0. The molecule has 1 N–H and O–H groups in total. The van der Waals surface area contributed by atoms with Crippen LogP contribution in [-0.4, -0.2) is 35.2 Å². The number of nitrogens with one attached hydrogen (secondary N) is 1. The second-order valence-electron chi connectivity index (χ2n) is 5.95. The lowest BCUT2D eigenvalue weighted by molar-refractivity contribution is 0.102. The van der Waals surface area contributed by atoms with Crippen molar-refractivity contribution in [3.63, 3.8) is 0 Å². The lowest BCUT2D eigenvalue weighted by atomic mass is 10.2. The molecule has 8 heteroatoms. The third kappa shape index (κ3) is 3.20. The number of amides is 1. The fourth-order valence-corrected chi connectivity index (χ4v) is 2.81. The van der Waals surface area contributed by atoms with Gasteiger partial charge in [-0.15, -0.1) is 0 Å². The molecule has 0 aliphatic heterocycles. The molecule has 0 fully saturated rings. The van der Waals surface area contributed by atoms with Crippen LogP contribution >= 0.6 is 0 Å². The second kappa shape index (κ2) is 6.83. The standard InChI is InChI=1S/C19H17N7O/c1-13-16(11-23-26(13)15-6-4-3-5-7-15)19(27)24-17-10-18(22-12-21-17)25-9-8-20-14(25)2/h3-12H,1-2H3,(H,21,22,24,27). The van der Waals surface area contributed by atoms with E-state index in [0.29, 0.717) is 17.2 Å². The molecule has 0 spiro atoms. The van der Waals surface area contributed by atoms with Gasteiger partial charge in [-0.2, -0.15) is 5.10 Å². The van der Waals surface area contributed by atoms with Gasteiger partial charge in [0.2, 0.25) is 0 Å². The van der Waals surface area contributed by atoms with Crippen LogP contribution < -0.4 is 5.32 Å². The number of imidazole rings is 1. The average Bonchev–Trinajstić information content (AvgIpc) is 3.28. The van der Waals surface area contributed by atoms with E-state index < -0.39 is 0 Å². The minimum absolute atomic E-state index is 0.276. The third-order valence-electron chi connectivity index (χ3n) is 4.22. The van der Waals surface area contributed by atoms with Crippen molar-refractivity contribution in [3.8, 4) is 11.5 Å². The molecule has 4 aromatic rings. The van der Waals surface area contributed by atoms with Crippen LogP contribution in [-0.2, 0) is 0 Å². The van der Waals surface area contributed by atoms with Gasteiger partial charge in [0.1, 0.15) is 23.8 Å². The summed E-state index contributed by atoms with van der Waals surface area (Å²) in [6.07, 6.45) is 6.46. The van der Waals surface area contributed by atoms with E-state index >= 15 is 0 Å². The summed E-state index contributed by atoms with van der Waals surface area (Å²) in [7, 11) is 0. The van der Waals surface area contributed by atoms with E-state index in [-0.39, 0.29) is 5.91 Å². The van der Waals surface area contributed by atoms with Crippen LogP contribution in [0.1, 0.15) is 21.9 Å². The topological polar surface area (TPSA) is 90.5 Å². The molecular weight excluding hydrogens is 342 g/mol. The zero-order valence-corrected chi connectivity index (χ0v) is 14.9. The number of carbonyl (C=O) groups is 1. The molecular formula is C19H17N7O. The molecule has 0 atom stereocenters. The molecule has 0 bridgehead atoms. The molecule has 134 valence electrons. The molecule has 27 heavy (non-hydrogen) atoms. The van der Waals surface area contributed by atoms with Gasteiger partial charge in [-0.05, 0) is 26.0 Å². The first-order valence-corrected chi connectivity index (χ1v) is 8.37. The normalized spacial score (nSPS) is 10.7. The highest BCUT2D eigenvalue weighted by Crippen LogP contribution is 2.16. The highest BCUT2D eigenvalue weighted by Gasteiger charge is 2.16. The maximum Gasteiger partial charge on any atom is 0.260 e. The van der Waals surface area contributed by atoms with Gasteiger partial charge in [-0.1, -0.05) is 18.2 Å². The van der Waals surface area contributed by atoms with Crippen LogP contribution in [0.15, 0.2) is 61.3 Å². The molecule has 0 radical (unpaired) electrons. The molecule has 3 aromatic heterocycles. The Morgan fingerprint density at radius 1 is 1.07 bits per heavy atom. The Hall–Kier alpha value is -3.81. The quantitative estimate of drug-likeness (QED) is 0.605. The second-order valence-corrected chi connectivity index (χ2v) is 5.95. The van der Waals surface area contributed by atoms with Crippen molar-refractivity contribution in [2.24, 2.45) is 0 Å². The Kier molecular flexibility index (Phi) is 4.21. The fraction of sp³-hybridized carbons (Fsp3) is 0.105. The van der Waals surface area contributed by atoms with Crippen molar-refractivity contribution in [3.05, 3.63) is 78.4 Å². The Balaban J connectivity index is 1.59. The van der Waals surface area contributed by atoms with E-state index in [9.17, 15) is 4.79 Å². The number of anilines is 1. The first-order chi connectivity index (χ1) is 13.1. The molecule has 4 rings (SSSR count). The van der Waals surface area contributed by atoms with Crippen LogP contribution in [0, 0.1) is 13.8 Å². The van der Waals surface area contributed by atoms with Crippen LogP contribution in [0.25, 0.3) is 11.5 Å². The molecule has 1 amide bonds. The number of benzene rings is 1. The van der Waals surface area contributed by atoms with Crippen molar-refractivity contribution in [1.29, 1.82) is 0 Å². The summed E-state index contributed by atoms with van der Waals surface area (Å²) in [5.41, 5.74) is 2.13. The number of carbonyl (C=O) groups excluding carboxylic acids is 1. The molecule has 0 unspecified atom stereocenters. The van der Waals surface area contributed by atoms with Crippen LogP contribution in [0.4, 0.5) is 5.82 Å². The molecule has 1 aromatic carbocycles. The molecule has 0 saturated carbocycles. The predicted molar refractivity (Wildman–Crippen MR) is 100 cm³/mol. The summed E-state index contributed by atoms with van der Waals surface area (Å²) in [4.78, 5) is 25.2. The minimum atomic E-state index is -0.276. The smallest absolute Gasteiger partial charge is 0.260 e. The van der Waals surface area contributed by atoms with Gasteiger partial charge in [0.05, 0.1) is 23.1 Å². The van der Waals surface area contributed by atoms with Gasteiger partial charge in [0, 0.05) is 18.5 Å². The van der Waals surface area contributed by atoms with Crippen molar-refractivity contribution >= 4 is 11.7 Å². The number of para-hydroxylation sites is 1. The summed E-state index contributed by atoms with van der Waals surface area (Å²) in [6.45, 7) is 3.73. The van der Waals surface area contributed by atoms with Gasteiger partial charge in [0.25, 0.3) is 5.91 Å². The number of rotatable bonds is 4. The molecule has 0 aliphatic rings. The van der Waals surface area contributed by atoms with Gasteiger partial charge in [-0.25, -0.2) is 19.6 Å². The minimum Gasteiger partial charge on any atom is -0.306 e. The van der Waals surface area contributed by atoms with Crippen LogP contribution in [0.5, 0.6) is 0 Å². The monoisotopic (exact) mass is 359 g/mol. The van der Waals surface area contributed by atoms with Gasteiger partial charge >= 0.3 is 0 Å². The van der Waals surface area contributed by atoms with Crippen LogP contribution in [0.3, 0.4) is 0 Å². The third-order valence-corrected chi connectivity index (χ3v) is 4.22. The largest absolute Gasteiger partial charge is 0.306 e. The highest BCUT2D eigenvalue weighted by molar-refractivity contribution is 6.04. The van der Waals surface area contributed by atoms with Crippen molar-refractivity contribution in [2.45, 2.75) is 13.8 Å².